The minimum absolute atomic E-state index is 0.242. The first-order chi connectivity index (χ1) is 8.78. The second-order valence-electron chi connectivity index (χ2n) is 4.22. The van der Waals surface area contributed by atoms with Gasteiger partial charge in [-0.2, -0.15) is 0 Å². The largest absolute Gasteiger partial charge is 0.491 e. The van der Waals surface area contributed by atoms with Crippen molar-refractivity contribution >= 4 is 0 Å². The molecule has 2 aromatic carbocycles. The summed E-state index contributed by atoms with van der Waals surface area (Å²) in [7, 11) is 0. The summed E-state index contributed by atoms with van der Waals surface area (Å²) in [6, 6.07) is 17.5. The second kappa shape index (κ2) is 6.10. The van der Waals surface area contributed by atoms with E-state index in [2.05, 4.69) is 13.8 Å². The molecule has 1 atom stereocenters. The molecule has 0 spiro atoms. The molecule has 2 heteroatoms. The van der Waals surface area contributed by atoms with E-state index in [1.165, 1.54) is 0 Å². The van der Waals surface area contributed by atoms with Gasteiger partial charge in [-0.3, -0.25) is 0 Å². The first-order valence-electron chi connectivity index (χ1n) is 6.27. The maximum Gasteiger partial charge on any atom is 0.127 e. The highest BCUT2D eigenvalue weighted by molar-refractivity contribution is 5.35. The van der Waals surface area contributed by atoms with Crippen LogP contribution in [-0.4, -0.2) is 6.10 Å². The molecular formula is C16H18O2. The minimum Gasteiger partial charge on any atom is -0.491 e. The molecule has 0 saturated heterocycles. The summed E-state index contributed by atoms with van der Waals surface area (Å²) in [6.07, 6.45) is 1.24. The molecule has 18 heavy (non-hydrogen) atoms. The molecule has 0 N–H and O–H groups in total. The van der Waals surface area contributed by atoms with E-state index in [1.54, 1.807) is 0 Å². The lowest BCUT2D eigenvalue weighted by Gasteiger charge is -2.13. The molecule has 0 radical (unpaired) electrons. The molecule has 0 saturated carbocycles. The summed E-state index contributed by atoms with van der Waals surface area (Å²) in [6.45, 7) is 4.17. The monoisotopic (exact) mass is 242 g/mol. The van der Waals surface area contributed by atoms with Gasteiger partial charge in [-0.15, -0.1) is 0 Å². The zero-order valence-corrected chi connectivity index (χ0v) is 10.8. The van der Waals surface area contributed by atoms with Crippen molar-refractivity contribution in [2.45, 2.75) is 26.4 Å². The van der Waals surface area contributed by atoms with Crippen LogP contribution < -0.4 is 9.47 Å². The fourth-order valence-electron chi connectivity index (χ4n) is 1.53. The van der Waals surface area contributed by atoms with Gasteiger partial charge in [0.15, 0.2) is 0 Å². The Labute approximate surface area is 108 Å². The Hall–Kier alpha value is -1.96. The summed E-state index contributed by atoms with van der Waals surface area (Å²) in [4.78, 5) is 0. The van der Waals surface area contributed by atoms with E-state index in [0.717, 1.165) is 23.7 Å². The van der Waals surface area contributed by atoms with Crippen molar-refractivity contribution in [3.8, 4) is 17.2 Å². The van der Waals surface area contributed by atoms with Crippen molar-refractivity contribution in [3.63, 3.8) is 0 Å². The van der Waals surface area contributed by atoms with Gasteiger partial charge in [0.05, 0.1) is 6.10 Å². The third-order valence-corrected chi connectivity index (χ3v) is 2.71. The highest BCUT2D eigenvalue weighted by atomic mass is 16.5. The SMILES string of the molecule is CC[C@@H](C)Oc1ccc(Oc2ccccc2)cc1. The Kier molecular flexibility index (Phi) is 4.24. The van der Waals surface area contributed by atoms with Crippen molar-refractivity contribution in [3.05, 3.63) is 54.6 Å². The van der Waals surface area contributed by atoms with Gasteiger partial charge in [-0.25, -0.2) is 0 Å². The Morgan fingerprint density at radius 2 is 1.39 bits per heavy atom. The van der Waals surface area contributed by atoms with Crippen LogP contribution in [0.1, 0.15) is 20.3 Å². The molecule has 0 aromatic heterocycles. The molecular weight excluding hydrogens is 224 g/mol. The quantitative estimate of drug-likeness (QED) is 0.759. The third kappa shape index (κ3) is 3.52. The van der Waals surface area contributed by atoms with Crippen molar-refractivity contribution in [1.82, 2.24) is 0 Å². The van der Waals surface area contributed by atoms with Gasteiger partial charge >= 0.3 is 0 Å². The lowest BCUT2D eigenvalue weighted by Crippen LogP contribution is -2.09. The Bertz CT molecular complexity index is 462. The fraction of sp³-hybridized carbons (Fsp3) is 0.250. The molecule has 0 aliphatic rings. The van der Waals surface area contributed by atoms with Crippen LogP contribution in [0.2, 0.25) is 0 Å². The number of benzene rings is 2. The molecule has 0 aliphatic heterocycles. The van der Waals surface area contributed by atoms with E-state index in [0.29, 0.717) is 0 Å². The zero-order valence-electron chi connectivity index (χ0n) is 10.8. The molecule has 2 aromatic rings. The topological polar surface area (TPSA) is 18.5 Å². The molecule has 0 unspecified atom stereocenters. The van der Waals surface area contributed by atoms with Crippen LogP contribution in [0.25, 0.3) is 0 Å². The Morgan fingerprint density at radius 1 is 0.833 bits per heavy atom. The fourth-order valence-corrected chi connectivity index (χ4v) is 1.53. The van der Waals surface area contributed by atoms with E-state index in [1.807, 2.05) is 54.6 Å². The van der Waals surface area contributed by atoms with E-state index in [4.69, 9.17) is 9.47 Å². The van der Waals surface area contributed by atoms with Crippen molar-refractivity contribution in [2.24, 2.45) is 0 Å². The van der Waals surface area contributed by atoms with Crippen LogP contribution in [0.4, 0.5) is 0 Å². The number of hydrogen-bond acceptors (Lipinski definition) is 2. The lowest BCUT2D eigenvalue weighted by atomic mass is 10.3. The van der Waals surface area contributed by atoms with Crippen LogP contribution in [0.15, 0.2) is 54.6 Å². The molecule has 0 fully saturated rings. The third-order valence-electron chi connectivity index (χ3n) is 2.71. The van der Waals surface area contributed by atoms with Gasteiger partial charge in [0, 0.05) is 0 Å². The summed E-state index contributed by atoms with van der Waals surface area (Å²) in [5.74, 6) is 2.54. The van der Waals surface area contributed by atoms with E-state index in [9.17, 15) is 0 Å². The maximum atomic E-state index is 5.71. The minimum atomic E-state index is 0.242. The molecule has 2 nitrogen and oxygen atoms in total. The normalized spacial score (nSPS) is 11.9. The van der Waals surface area contributed by atoms with Gasteiger partial charge < -0.3 is 9.47 Å². The first kappa shape index (κ1) is 12.5. The van der Waals surface area contributed by atoms with Crippen molar-refractivity contribution in [2.75, 3.05) is 0 Å². The molecule has 94 valence electrons. The zero-order chi connectivity index (χ0) is 12.8. The van der Waals surface area contributed by atoms with Gasteiger partial charge in [-0.05, 0) is 49.7 Å². The highest BCUT2D eigenvalue weighted by Crippen LogP contribution is 2.24. The van der Waals surface area contributed by atoms with Crippen molar-refractivity contribution in [1.29, 1.82) is 0 Å². The van der Waals surface area contributed by atoms with Crippen LogP contribution in [0.5, 0.6) is 17.2 Å². The predicted molar refractivity (Wildman–Crippen MR) is 73.3 cm³/mol. The van der Waals surface area contributed by atoms with E-state index >= 15 is 0 Å². The molecule has 0 bridgehead atoms. The van der Waals surface area contributed by atoms with E-state index < -0.39 is 0 Å². The standard InChI is InChI=1S/C16H18O2/c1-3-13(2)17-15-9-11-16(12-10-15)18-14-7-5-4-6-8-14/h4-13H,3H2,1-2H3/t13-/m1/s1. The Morgan fingerprint density at radius 3 is 2.00 bits per heavy atom. The van der Waals surface area contributed by atoms with E-state index in [-0.39, 0.29) is 6.10 Å². The number of rotatable bonds is 5. The number of ether oxygens (including phenoxy) is 2. The highest BCUT2D eigenvalue weighted by Gasteiger charge is 2.01. The summed E-state index contributed by atoms with van der Waals surface area (Å²) in [5, 5.41) is 0. The predicted octanol–water partition coefficient (Wildman–Crippen LogP) is 4.66. The summed E-state index contributed by atoms with van der Waals surface area (Å²) < 4.78 is 11.4. The second-order valence-corrected chi connectivity index (χ2v) is 4.22. The maximum absolute atomic E-state index is 5.71. The summed E-state index contributed by atoms with van der Waals surface area (Å²) in [5.41, 5.74) is 0. The van der Waals surface area contributed by atoms with Gasteiger partial charge in [0.1, 0.15) is 17.2 Å². The molecule has 0 heterocycles. The smallest absolute Gasteiger partial charge is 0.127 e. The van der Waals surface area contributed by atoms with Crippen molar-refractivity contribution < 1.29 is 9.47 Å². The lowest BCUT2D eigenvalue weighted by molar-refractivity contribution is 0.217. The molecule has 0 amide bonds. The van der Waals surface area contributed by atoms with Crippen LogP contribution in [0.3, 0.4) is 0 Å². The van der Waals surface area contributed by atoms with Gasteiger partial charge in [0.2, 0.25) is 0 Å². The number of hydrogen-bond donors (Lipinski definition) is 0. The van der Waals surface area contributed by atoms with Gasteiger partial charge in [-0.1, -0.05) is 25.1 Å². The summed E-state index contributed by atoms with van der Waals surface area (Å²) >= 11 is 0. The average Bonchev–Trinajstić information content (AvgIpc) is 2.42. The Balaban J connectivity index is 2.00. The molecule has 0 aliphatic carbocycles. The molecule has 2 rings (SSSR count). The van der Waals surface area contributed by atoms with Crippen LogP contribution >= 0.6 is 0 Å². The number of para-hydroxylation sites is 1. The average molecular weight is 242 g/mol. The first-order valence-corrected chi connectivity index (χ1v) is 6.27. The van der Waals surface area contributed by atoms with Crippen LogP contribution in [0, 0.1) is 0 Å². The van der Waals surface area contributed by atoms with Crippen LogP contribution in [-0.2, 0) is 0 Å². The van der Waals surface area contributed by atoms with Gasteiger partial charge in [0.25, 0.3) is 0 Å².